The lowest BCUT2D eigenvalue weighted by molar-refractivity contribution is 0.296. The summed E-state index contributed by atoms with van der Waals surface area (Å²) in [6.45, 7) is 11.4. The van der Waals surface area contributed by atoms with Gasteiger partial charge in [-0.15, -0.1) is 0 Å². The highest BCUT2D eigenvalue weighted by molar-refractivity contribution is 5.55. The molecule has 2 nitrogen and oxygen atoms in total. The normalized spacial score (nSPS) is 17.9. The predicted molar refractivity (Wildman–Crippen MR) is 83.9 cm³/mol. The third-order valence-corrected chi connectivity index (χ3v) is 4.43. The van der Waals surface area contributed by atoms with Crippen LogP contribution < -0.4 is 10.2 Å². The van der Waals surface area contributed by atoms with E-state index in [-0.39, 0.29) is 0 Å². The molecule has 0 aromatic heterocycles. The maximum Gasteiger partial charge on any atom is 0.0398 e. The number of aryl methyl sites for hydroxylation is 1. The number of rotatable bonds is 6. The average molecular weight is 260 g/mol. The Morgan fingerprint density at radius 3 is 2.79 bits per heavy atom. The maximum absolute atomic E-state index is 3.53. The van der Waals surface area contributed by atoms with Crippen LogP contribution in [0.25, 0.3) is 0 Å². The predicted octanol–water partition coefficient (Wildman–Crippen LogP) is 3.47. The summed E-state index contributed by atoms with van der Waals surface area (Å²) in [7, 11) is 0. The summed E-state index contributed by atoms with van der Waals surface area (Å²) >= 11 is 0. The summed E-state index contributed by atoms with van der Waals surface area (Å²) < 4.78 is 0. The van der Waals surface area contributed by atoms with Crippen molar-refractivity contribution in [2.45, 2.75) is 40.0 Å². The molecule has 0 aliphatic carbocycles. The molecule has 0 bridgehead atoms. The van der Waals surface area contributed by atoms with E-state index in [4.69, 9.17) is 0 Å². The number of benzene rings is 1. The van der Waals surface area contributed by atoms with E-state index >= 15 is 0 Å². The summed E-state index contributed by atoms with van der Waals surface area (Å²) in [6.07, 6.45) is 3.75. The molecule has 0 saturated carbocycles. The molecule has 19 heavy (non-hydrogen) atoms. The third kappa shape index (κ3) is 3.50. The van der Waals surface area contributed by atoms with Crippen LogP contribution in [-0.2, 0) is 6.42 Å². The van der Waals surface area contributed by atoms with E-state index in [9.17, 15) is 0 Å². The van der Waals surface area contributed by atoms with Gasteiger partial charge < -0.3 is 10.2 Å². The molecule has 2 rings (SSSR count). The van der Waals surface area contributed by atoms with Gasteiger partial charge in [0.2, 0.25) is 0 Å². The van der Waals surface area contributed by atoms with Gasteiger partial charge in [0.1, 0.15) is 0 Å². The van der Waals surface area contributed by atoms with E-state index in [1.165, 1.54) is 37.1 Å². The van der Waals surface area contributed by atoms with Gasteiger partial charge in [-0.05, 0) is 42.9 Å². The zero-order chi connectivity index (χ0) is 13.7. The minimum absolute atomic E-state index is 0.362. The maximum atomic E-state index is 3.53. The van der Waals surface area contributed by atoms with Crippen LogP contribution in [0.3, 0.4) is 0 Å². The van der Waals surface area contributed by atoms with Crippen molar-refractivity contribution in [1.29, 1.82) is 0 Å². The van der Waals surface area contributed by atoms with E-state index in [1.54, 1.807) is 0 Å². The number of hydrogen-bond acceptors (Lipinski definition) is 2. The van der Waals surface area contributed by atoms with Crippen LogP contribution in [0.4, 0.5) is 5.69 Å². The zero-order valence-electron chi connectivity index (χ0n) is 12.7. The molecule has 0 fully saturated rings. The van der Waals surface area contributed by atoms with Gasteiger partial charge in [0.05, 0.1) is 0 Å². The third-order valence-electron chi connectivity index (χ3n) is 4.43. The largest absolute Gasteiger partial charge is 0.371 e. The Bertz CT molecular complexity index is 402. The monoisotopic (exact) mass is 260 g/mol. The topological polar surface area (TPSA) is 15.3 Å². The van der Waals surface area contributed by atoms with Gasteiger partial charge in [0, 0.05) is 25.3 Å². The molecule has 106 valence electrons. The van der Waals surface area contributed by atoms with Gasteiger partial charge in [0.25, 0.3) is 0 Å². The number of para-hydroxylation sites is 1. The molecule has 0 saturated heterocycles. The van der Waals surface area contributed by atoms with Gasteiger partial charge in [-0.1, -0.05) is 39.0 Å². The molecule has 0 amide bonds. The Kier molecular flexibility index (Phi) is 4.87. The smallest absolute Gasteiger partial charge is 0.0398 e. The van der Waals surface area contributed by atoms with Crippen LogP contribution in [-0.4, -0.2) is 26.2 Å². The van der Waals surface area contributed by atoms with Crippen LogP contribution in [0.15, 0.2) is 24.3 Å². The first-order chi connectivity index (χ1) is 9.18. The summed E-state index contributed by atoms with van der Waals surface area (Å²) in [6, 6.07) is 8.91. The van der Waals surface area contributed by atoms with Gasteiger partial charge in [0.15, 0.2) is 0 Å². The lowest BCUT2D eigenvalue weighted by atomic mass is 9.85. The molecule has 1 aromatic carbocycles. The van der Waals surface area contributed by atoms with E-state index in [2.05, 4.69) is 55.3 Å². The van der Waals surface area contributed by atoms with Crippen molar-refractivity contribution in [2.75, 3.05) is 31.1 Å². The molecule has 0 spiro atoms. The Morgan fingerprint density at radius 2 is 2.05 bits per heavy atom. The lowest BCUT2D eigenvalue weighted by Crippen LogP contribution is -2.43. The minimum atomic E-state index is 0.362. The molecule has 0 radical (unpaired) electrons. The molecule has 1 aromatic rings. The molecule has 1 heterocycles. The first-order valence-electron chi connectivity index (χ1n) is 7.72. The second-order valence-corrected chi connectivity index (χ2v) is 6.10. The van der Waals surface area contributed by atoms with Gasteiger partial charge in [-0.3, -0.25) is 0 Å². The van der Waals surface area contributed by atoms with Gasteiger partial charge in [-0.25, -0.2) is 0 Å². The molecule has 1 aliphatic rings. The zero-order valence-corrected chi connectivity index (χ0v) is 12.7. The van der Waals surface area contributed by atoms with E-state index < -0.39 is 0 Å². The van der Waals surface area contributed by atoms with Crippen LogP contribution >= 0.6 is 0 Å². The first kappa shape index (κ1) is 14.4. The summed E-state index contributed by atoms with van der Waals surface area (Å²) in [5.41, 5.74) is 3.35. The summed E-state index contributed by atoms with van der Waals surface area (Å²) in [4.78, 5) is 2.60. The number of nitrogens with zero attached hydrogens (tertiary/aromatic N) is 1. The van der Waals surface area contributed by atoms with Gasteiger partial charge >= 0.3 is 0 Å². The number of nitrogens with one attached hydrogen (secondary N) is 1. The van der Waals surface area contributed by atoms with Crippen molar-refractivity contribution in [2.24, 2.45) is 5.41 Å². The van der Waals surface area contributed by atoms with Crippen molar-refractivity contribution in [3.05, 3.63) is 29.8 Å². The van der Waals surface area contributed by atoms with Gasteiger partial charge in [-0.2, -0.15) is 0 Å². The Morgan fingerprint density at radius 1 is 1.26 bits per heavy atom. The number of fused-ring (bicyclic) bond motifs is 1. The second-order valence-electron chi connectivity index (χ2n) is 6.10. The van der Waals surface area contributed by atoms with Crippen LogP contribution in [0.2, 0.25) is 0 Å². The van der Waals surface area contributed by atoms with Crippen molar-refractivity contribution in [1.82, 2.24) is 5.32 Å². The van der Waals surface area contributed by atoms with E-state index in [0.717, 1.165) is 19.6 Å². The fourth-order valence-electron chi connectivity index (χ4n) is 2.96. The SMILES string of the molecule is CCNCC(C)(CC)CN1CCCc2ccccc21. The standard InChI is InChI=1S/C17H28N2/c1-4-17(3,13-18-5-2)14-19-12-8-10-15-9-6-7-11-16(15)19/h6-7,9,11,18H,4-5,8,10,12-14H2,1-3H3. The van der Waals surface area contributed by atoms with Crippen LogP contribution in [0.1, 0.15) is 39.2 Å². The molecule has 1 atom stereocenters. The minimum Gasteiger partial charge on any atom is -0.371 e. The summed E-state index contributed by atoms with van der Waals surface area (Å²) in [5.74, 6) is 0. The van der Waals surface area contributed by atoms with Crippen LogP contribution in [0, 0.1) is 5.41 Å². The van der Waals surface area contributed by atoms with E-state index in [0.29, 0.717) is 5.41 Å². The van der Waals surface area contributed by atoms with Crippen molar-refractivity contribution < 1.29 is 0 Å². The molecular weight excluding hydrogens is 232 g/mol. The average Bonchev–Trinajstić information content (AvgIpc) is 2.46. The summed E-state index contributed by atoms with van der Waals surface area (Å²) in [5, 5.41) is 3.53. The molecule has 1 unspecified atom stereocenters. The quantitative estimate of drug-likeness (QED) is 0.842. The Hall–Kier alpha value is -1.02. The second kappa shape index (κ2) is 6.42. The fraction of sp³-hybridized carbons (Fsp3) is 0.647. The lowest BCUT2D eigenvalue weighted by Gasteiger charge is -2.39. The van der Waals surface area contributed by atoms with Crippen molar-refractivity contribution in [3.8, 4) is 0 Å². The van der Waals surface area contributed by atoms with Crippen molar-refractivity contribution >= 4 is 5.69 Å². The molecule has 1 aliphatic heterocycles. The van der Waals surface area contributed by atoms with Crippen molar-refractivity contribution in [3.63, 3.8) is 0 Å². The highest BCUT2D eigenvalue weighted by Crippen LogP contribution is 2.31. The molecule has 2 heteroatoms. The highest BCUT2D eigenvalue weighted by atomic mass is 15.1. The highest BCUT2D eigenvalue weighted by Gasteiger charge is 2.27. The molecule has 1 N–H and O–H groups in total. The Labute approximate surface area is 118 Å². The fourth-order valence-corrected chi connectivity index (χ4v) is 2.96. The number of hydrogen-bond donors (Lipinski definition) is 1. The Balaban J connectivity index is 2.10. The molecular formula is C17H28N2. The van der Waals surface area contributed by atoms with Crippen LogP contribution in [0.5, 0.6) is 0 Å². The first-order valence-corrected chi connectivity index (χ1v) is 7.72. The number of anilines is 1. The van der Waals surface area contributed by atoms with E-state index in [1.807, 2.05) is 0 Å².